The van der Waals surface area contributed by atoms with E-state index in [1.165, 1.54) is 20.2 Å². The molecule has 0 unspecified atom stereocenters. The quantitative estimate of drug-likeness (QED) is 0.540. The van der Waals surface area contributed by atoms with Crippen molar-refractivity contribution in [3.8, 4) is 0 Å². The third-order valence-corrected chi connectivity index (χ3v) is 4.20. The van der Waals surface area contributed by atoms with Gasteiger partial charge in [-0.2, -0.15) is 5.10 Å². The molecule has 1 heterocycles. The van der Waals surface area contributed by atoms with Crippen molar-refractivity contribution in [3.05, 3.63) is 60.3 Å². The first-order chi connectivity index (χ1) is 10.8. The first kappa shape index (κ1) is 17.7. The van der Waals surface area contributed by atoms with Gasteiger partial charge in [-0.1, -0.05) is 6.07 Å². The van der Waals surface area contributed by atoms with E-state index in [0.717, 1.165) is 8.25 Å². The van der Waals surface area contributed by atoms with Gasteiger partial charge in [-0.3, -0.25) is 9.59 Å². The minimum Gasteiger partial charge on any atom is -0.376 e. The van der Waals surface area contributed by atoms with E-state index in [2.05, 4.69) is 5.10 Å². The van der Waals surface area contributed by atoms with Crippen LogP contribution < -0.4 is 5.56 Å². The summed E-state index contributed by atoms with van der Waals surface area (Å²) in [5, 5.41) is 4.05. The number of carbonyl (C=O) groups excluding carboxylic acids is 1. The fraction of sp³-hybridized carbons (Fsp3) is 0.312. The second-order valence-corrected chi connectivity index (χ2v) is 6.40. The molecule has 0 fully saturated rings. The van der Waals surface area contributed by atoms with Gasteiger partial charge in [0.2, 0.25) is 5.78 Å². The van der Waals surface area contributed by atoms with Crippen molar-refractivity contribution >= 4 is 28.4 Å². The Kier molecular flexibility index (Phi) is 5.64. The SMILES string of the molecule is COCC(=O)c1nn(C)c(=O)c(C)c1Cc1ccc(I)cc1F. The zero-order valence-corrected chi connectivity index (χ0v) is 15.2. The summed E-state index contributed by atoms with van der Waals surface area (Å²) in [6.45, 7) is 1.47. The van der Waals surface area contributed by atoms with E-state index in [9.17, 15) is 14.0 Å². The third kappa shape index (κ3) is 3.84. The number of halogens is 2. The molecule has 0 aliphatic heterocycles. The molecule has 23 heavy (non-hydrogen) atoms. The van der Waals surface area contributed by atoms with Crippen molar-refractivity contribution in [2.24, 2.45) is 7.05 Å². The topological polar surface area (TPSA) is 61.2 Å². The zero-order chi connectivity index (χ0) is 17.1. The average Bonchev–Trinajstić information content (AvgIpc) is 2.50. The number of methoxy groups -OCH3 is 1. The van der Waals surface area contributed by atoms with Crippen molar-refractivity contribution in [2.75, 3.05) is 13.7 Å². The van der Waals surface area contributed by atoms with Crippen molar-refractivity contribution in [1.29, 1.82) is 0 Å². The maximum atomic E-state index is 14.1. The van der Waals surface area contributed by atoms with Gasteiger partial charge in [0.1, 0.15) is 18.1 Å². The standard InChI is InChI=1S/C16H16FIN2O3/c1-9-12(6-10-4-5-11(18)7-13(10)17)15(14(21)8-23-3)19-20(2)16(9)22/h4-5,7H,6,8H2,1-3H3. The number of Topliss-reactive ketones (excluding diaryl/α,β-unsaturated/α-hetero) is 1. The van der Waals surface area contributed by atoms with Gasteiger partial charge in [-0.25, -0.2) is 9.07 Å². The number of aryl methyl sites for hydroxylation is 1. The van der Waals surface area contributed by atoms with Crippen LogP contribution in [0.25, 0.3) is 0 Å². The van der Waals surface area contributed by atoms with Crippen LogP contribution >= 0.6 is 22.6 Å². The van der Waals surface area contributed by atoms with Gasteiger partial charge in [-0.05, 0) is 52.8 Å². The van der Waals surface area contributed by atoms with E-state index in [0.29, 0.717) is 16.7 Å². The van der Waals surface area contributed by atoms with Crippen molar-refractivity contribution in [1.82, 2.24) is 9.78 Å². The number of nitrogens with zero attached hydrogens (tertiary/aromatic N) is 2. The third-order valence-electron chi connectivity index (χ3n) is 3.53. The second kappa shape index (κ2) is 7.31. The van der Waals surface area contributed by atoms with Crippen molar-refractivity contribution in [3.63, 3.8) is 0 Å². The van der Waals surface area contributed by atoms with E-state index in [4.69, 9.17) is 4.74 Å². The molecule has 0 N–H and O–H groups in total. The molecule has 0 aliphatic carbocycles. The Balaban J connectivity index is 2.57. The second-order valence-electron chi connectivity index (χ2n) is 5.15. The molecule has 1 aromatic carbocycles. The molecular weight excluding hydrogens is 414 g/mol. The summed E-state index contributed by atoms with van der Waals surface area (Å²) >= 11 is 2.02. The molecule has 0 saturated heterocycles. The van der Waals surface area contributed by atoms with E-state index < -0.39 is 0 Å². The van der Waals surface area contributed by atoms with Crippen LogP contribution in [0.2, 0.25) is 0 Å². The maximum absolute atomic E-state index is 14.1. The van der Waals surface area contributed by atoms with Gasteiger partial charge < -0.3 is 4.74 Å². The summed E-state index contributed by atoms with van der Waals surface area (Å²) in [4.78, 5) is 24.3. The number of ketones is 1. The van der Waals surface area contributed by atoms with Crippen LogP contribution in [0.4, 0.5) is 4.39 Å². The highest BCUT2D eigenvalue weighted by Crippen LogP contribution is 2.19. The first-order valence-corrected chi connectivity index (χ1v) is 7.96. The maximum Gasteiger partial charge on any atom is 0.269 e. The van der Waals surface area contributed by atoms with E-state index >= 15 is 0 Å². The Labute approximate surface area is 146 Å². The van der Waals surface area contributed by atoms with Gasteiger partial charge in [0, 0.05) is 29.7 Å². The van der Waals surface area contributed by atoms with Gasteiger partial charge in [0.25, 0.3) is 5.56 Å². The number of benzene rings is 1. The monoisotopic (exact) mass is 430 g/mol. The van der Waals surface area contributed by atoms with E-state index in [1.807, 2.05) is 22.6 Å². The molecular formula is C16H16FIN2O3. The summed E-state index contributed by atoms with van der Waals surface area (Å²) in [6.07, 6.45) is 0.127. The summed E-state index contributed by atoms with van der Waals surface area (Å²) in [7, 11) is 2.89. The van der Waals surface area contributed by atoms with Gasteiger partial charge in [0.05, 0.1) is 0 Å². The minimum atomic E-state index is -0.373. The van der Waals surface area contributed by atoms with Crippen LogP contribution in [0.15, 0.2) is 23.0 Å². The number of carbonyl (C=O) groups is 1. The highest BCUT2D eigenvalue weighted by Gasteiger charge is 2.20. The van der Waals surface area contributed by atoms with Gasteiger partial charge in [-0.15, -0.1) is 0 Å². The summed E-state index contributed by atoms with van der Waals surface area (Å²) in [6, 6.07) is 4.84. The van der Waals surface area contributed by atoms with Gasteiger partial charge in [0.15, 0.2) is 0 Å². The molecule has 5 nitrogen and oxygen atoms in total. The first-order valence-electron chi connectivity index (χ1n) is 6.88. The fourth-order valence-corrected chi connectivity index (χ4v) is 2.75. The lowest BCUT2D eigenvalue weighted by atomic mass is 9.98. The van der Waals surface area contributed by atoms with Crippen molar-refractivity contribution < 1.29 is 13.9 Å². The predicted octanol–water partition coefficient (Wildman–Crippen LogP) is 2.25. The molecule has 0 bridgehead atoms. The van der Waals surface area contributed by atoms with Crippen LogP contribution in [-0.4, -0.2) is 29.3 Å². The number of rotatable bonds is 5. The molecule has 2 aromatic rings. The Morgan fingerprint density at radius 3 is 2.74 bits per heavy atom. The number of aromatic nitrogens is 2. The molecule has 0 atom stereocenters. The van der Waals surface area contributed by atoms with Crippen molar-refractivity contribution in [2.45, 2.75) is 13.3 Å². The molecule has 0 radical (unpaired) electrons. The predicted molar refractivity (Wildman–Crippen MR) is 92.3 cm³/mol. The normalized spacial score (nSPS) is 10.8. The Bertz CT molecular complexity index is 818. The molecule has 7 heteroatoms. The van der Waals surface area contributed by atoms with E-state index in [1.54, 1.807) is 19.1 Å². The highest BCUT2D eigenvalue weighted by molar-refractivity contribution is 14.1. The molecule has 2 rings (SSSR count). The molecule has 122 valence electrons. The van der Waals surface area contributed by atoms with Crippen LogP contribution in [0, 0.1) is 16.3 Å². The lowest BCUT2D eigenvalue weighted by molar-refractivity contribution is 0.0839. The molecule has 0 spiro atoms. The summed E-state index contributed by atoms with van der Waals surface area (Å²) in [5.41, 5.74) is 1.08. The molecule has 0 aliphatic rings. The van der Waals surface area contributed by atoms with Crippen LogP contribution in [0.5, 0.6) is 0 Å². The lowest BCUT2D eigenvalue weighted by Crippen LogP contribution is -2.28. The fourth-order valence-electron chi connectivity index (χ4n) is 2.30. The lowest BCUT2D eigenvalue weighted by Gasteiger charge is -2.13. The number of hydrogen-bond acceptors (Lipinski definition) is 4. The Hall–Kier alpha value is -1.61. The largest absolute Gasteiger partial charge is 0.376 e. The smallest absolute Gasteiger partial charge is 0.269 e. The minimum absolute atomic E-state index is 0.127. The molecule has 0 amide bonds. The zero-order valence-electron chi connectivity index (χ0n) is 13.0. The molecule has 0 saturated carbocycles. The average molecular weight is 430 g/mol. The number of hydrogen-bond donors (Lipinski definition) is 0. The Morgan fingerprint density at radius 1 is 1.43 bits per heavy atom. The summed E-state index contributed by atoms with van der Waals surface area (Å²) < 4.78 is 20.9. The van der Waals surface area contributed by atoms with E-state index in [-0.39, 0.29) is 35.9 Å². The molecule has 1 aromatic heterocycles. The van der Waals surface area contributed by atoms with Crippen LogP contribution in [-0.2, 0) is 18.2 Å². The number of ether oxygens (including phenoxy) is 1. The van der Waals surface area contributed by atoms with Gasteiger partial charge >= 0.3 is 0 Å². The van der Waals surface area contributed by atoms with Crippen LogP contribution in [0.3, 0.4) is 0 Å². The highest BCUT2D eigenvalue weighted by atomic mass is 127. The summed E-state index contributed by atoms with van der Waals surface area (Å²) in [5.74, 6) is -0.714. The van der Waals surface area contributed by atoms with Crippen LogP contribution in [0.1, 0.15) is 27.2 Å². The Morgan fingerprint density at radius 2 is 2.13 bits per heavy atom.